The Bertz CT molecular complexity index is 561. The van der Waals surface area contributed by atoms with Gasteiger partial charge in [0.05, 0.1) is 10.5 Å². The number of hydrogen-bond donors (Lipinski definition) is 1. The molecule has 1 N–H and O–H groups in total. The summed E-state index contributed by atoms with van der Waals surface area (Å²) >= 11 is 3.27. The zero-order chi connectivity index (χ0) is 16.1. The zero-order valence-corrected chi connectivity index (χ0v) is 13.9. The molecule has 0 radical (unpaired) electrons. The first-order valence-corrected chi connectivity index (χ1v) is 9.04. The van der Waals surface area contributed by atoms with E-state index in [-0.39, 0.29) is 12.5 Å². The number of benzene rings is 1. The minimum atomic E-state index is -4.70. The highest BCUT2D eigenvalue weighted by atomic mass is 79.9. The zero-order valence-electron chi connectivity index (χ0n) is 11.5. The number of hydrogen-bond acceptors (Lipinski definition) is 2. The molecular formula is C13H17BrF3NO2S. The molecule has 120 valence electrons. The van der Waals surface area contributed by atoms with E-state index in [1.54, 1.807) is 0 Å². The van der Waals surface area contributed by atoms with E-state index >= 15 is 0 Å². The van der Waals surface area contributed by atoms with Gasteiger partial charge in [-0.15, -0.1) is 0 Å². The molecule has 0 saturated carbocycles. The van der Waals surface area contributed by atoms with Crippen molar-refractivity contribution in [1.29, 1.82) is 0 Å². The van der Waals surface area contributed by atoms with Crippen molar-refractivity contribution < 1.29 is 21.6 Å². The van der Waals surface area contributed by atoms with E-state index in [0.717, 1.165) is 25.0 Å². The third kappa shape index (κ3) is 5.27. The second kappa shape index (κ2) is 7.60. The highest BCUT2D eigenvalue weighted by Crippen LogP contribution is 2.33. The van der Waals surface area contributed by atoms with Crippen molar-refractivity contribution in [2.45, 2.75) is 30.8 Å². The molecule has 8 heteroatoms. The molecule has 1 unspecified atom stereocenters. The maximum Gasteiger partial charge on any atom is 0.417 e. The predicted octanol–water partition coefficient (Wildman–Crippen LogP) is 3.79. The van der Waals surface area contributed by atoms with Crippen LogP contribution in [0.4, 0.5) is 13.2 Å². The molecule has 0 aromatic heterocycles. The van der Waals surface area contributed by atoms with Crippen LogP contribution in [0.25, 0.3) is 0 Å². The van der Waals surface area contributed by atoms with Crippen molar-refractivity contribution in [1.82, 2.24) is 4.72 Å². The molecule has 0 aliphatic carbocycles. The summed E-state index contributed by atoms with van der Waals surface area (Å²) in [7, 11) is -4.18. The molecule has 0 spiro atoms. The van der Waals surface area contributed by atoms with Crippen molar-refractivity contribution in [3.8, 4) is 0 Å². The van der Waals surface area contributed by atoms with E-state index in [2.05, 4.69) is 20.7 Å². The van der Waals surface area contributed by atoms with Gasteiger partial charge in [0.15, 0.2) is 0 Å². The van der Waals surface area contributed by atoms with E-state index in [0.29, 0.717) is 5.33 Å². The van der Waals surface area contributed by atoms with Crippen LogP contribution in [0.2, 0.25) is 0 Å². The normalized spacial score (nSPS) is 14.1. The number of alkyl halides is 4. The standard InChI is InChI=1S/C13H17BrF3NO2S/c1-2-10(7-8-14)9-18-21(19,20)12-6-4-3-5-11(12)13(15,16)17/h3-6,10,18H,2,7-9H2,1H3. The maximum absolute atomic E-state index is 12.9. The first-order chi connectivity index (χ1) is 9.72. The Kier molecular flexibility index (Phi) is 6.68. The maximum atomic E-state index is 12.9. The van der Waals surface area contributed by atoms with Crippen molar-refractivity contribution in [3.63, 3.8) is 0 Å². The Morgan fingerprint density at radius 1 is 1.29 bits per heavy atom. The van der Waals surface area contributed by atoms with Crippen molar-refractivity contribution in [3.05, 3.63) is 29.8 Å². The van der Waals surface area contributed by atoms with Gasteiger partial charge in [-0.2, -0.15) is 13.2 Å². The molecule has 0 fully saturated rings. The molecule has 1 aromatic carbocycles. The van der Waals surface area contributed by atoms with Gasteiger partial charge < -0.3 is 0 Å². The van der Waals surface area contributed by atoms with Crippen LogP contribution < -0.4 is 4.72 Å². The van der Waals surface area contributed by atoms with E-state index < -0.39 is 26.7 Å². The molecule has 21 heavy (non-hydrogen) atoms. The summed E-state index contributed by atoms with van der Waals surface area (Å²) in [6.45, 7) is 2.03. The molecule has 0 aliphatic heterocycles. The highest BCUT2D eigenvalue weighted by molar-refractivity contribution is 9.09. The van der Waals surface area contributed by atoms with Crippen molar-refractivity contribution >= 4 is 26.0 Å². The summed E-state index contributed by atoms with van der Waals surface area (Å²) in [5.41, 5.74) is -1.15. The fraction of sp³-hybridized carbons (Fsp3) is 0.538. The van der Waals surface area contributed by atoms with Crippen LogP contribution in [0.3, 0.4) is 0 Å². The van der Waals surface area contributed by atoms with Gasteiger partial charge in [-0.1, -0.05) is 41.4 Å². The number of rotatable bonds is 7. The van der Waals surface area contributed by atoms with Crippen molar-refractivity contribution in [2.75, 3.05) is 11.9 Å². The SMILES string of the molecule is CCC(CCBr)CNS(=O)(=O)c1ccccc1C(F)(F)F. The molecule has 1 atom stereocenters. The van der Waals surface area contributed by atoms with Gasteiger partial charge in [0.2, 0.25) is 10.0 Å². The lowest BCUT2D eigenvalue weighted by molar-refractivity contribution is -0.139. The second-order valence-corrected chi connectivity index (χ2v) is 7.13. The van der Waals surface area contributed by atoms with Crippen LogP contribution in [0, 0.1) is 5.92 Å². The Labute approximate surface area is 131 Å². The fourth-order valence-corrected chi connectivity index (χ4v) is 3.83. The lowest BCUT2D eigenvalue weighted by Gasteiger charge is -2.17. The summed E-state index contributed by atoms with van der Waals surface area (Å²) in [4.78, 5) is -0.730. The van der Waals surface area contributed by atoms with Crippen LogP contribution in [-0.4, -0.2) is 20.3 Å². The molecule has 3 nitrogen and oxygen atoms in total. The topological polar surface area (TPSA) is 46.2 Å². The molecule has 0 amide bonds. The number of halogens is 4. The van der Waals surface area contributed by atoms with Gasteiger partial charge in [0, 0.05) is 11.9 Å². The summed E-state index contributed by atoms with van der Waals surface area (Å²) < 4.78 is 65.1. The Balaban J connectivity index is 2.99. The van der Waals surface area contributed by atoms with Crippen LogP contribution in [-0.2, 0) is 16.2 Å². The molecule has 1 aromatic rings. The molecule has 1 rings (SSSR count). The minimum absolute atomic E-state index is 0.0807. The first kappa shape index (κ1) is 18.4. The van der Waals surface area contributed by atoms with Gasteiger partial charge in [0.1, 0.15) is 0 Å². The predicted molar refractivity (Wildman–Crippen MR) is 78.8 cm³/mol. The summed E-state index contributed by atoms with van der Waals surface area (Å²) in [5.74, 6) is 0.0807. The van der Waals surface area contributed by atoms with E-state index in [4.69, 9.17) is 0 Å². The molecule has 0 aliphatic rings. The fourth-order valence-electron chi connectivity index (χ4n) is 1.85. The van der Waals surface area contributed by atoms with Gasteiger partial charge in [0.25, 0.3) is 0 Å². The van der Waals surface area contributed by atoms with E-state index in [1.807, 2.05) is 6.92 Å². The number of nitrogens with one attached hydrogen (secondary N) is 1. The largest absolute Gasteiger partial charge is 0.417 e. The lowest BCUT2D eigenvalue weighted by atomic mass is 10.0. The summed E-state index contributed by atoms with van der Waals surface area (Å²) in [6.07, 6.45) is -3.21. The quantitative estimate of drug-likeness (QED) is 0.723. The average Bonchev–Trinajstić information content (AvgIpc) is 2.42. The van der Waals surface area contributed by atoms with Gasteiger partial charge in [-0.05, 0) is 24.5 Å². The highest BCUT2D eigenvalue weighted by Gasteiger charge is 2.36. The van der Waals surface area contributed by atoms with Crippen LogP contribution in [0.1, 0.15) is 25.3 Å². The Morgan fingerprint density at radius 3 is 2.43 bits per heavy atom. The van der Waals surface area contributed by atoms with Crippen LogP contribution in [0.5, 0.6) is 0 Å². The second-order valence-electron chi connectivity index (χ2n) is 4.60. The van der Waals surface area contributed by atoms with Crippen LogP contribution >= 0.6 is 15.9 Å². The number of sulfonamides is 1. The Morgan fingerprint density at radius 2 is 1.90 bits per heavy atom. The summed E-state index contributed by atoms with van der Waals surface area (Å²) in [5, 5.41) is 0.715. The molecular weight excluding hydrogens is 371 g/mol. The molecule has 0 bridgehead atoms. The van der Waals surface area contributed by atoms with E-state index in [9.17, 15) is 21.6 Å². The van der Waals surface area contributed by atoms with Gasteiger partial charge in [-0.3, -0.25) is 0 Å². The van der Waals surface area contributed by atoms with Crippen LogP contribution in [0.15, 0.2) is 29.2 Å². The lowest BCUT2D eigenvalue weighted by Crippen LogP contribution is -2.31. The molecule has 0 heterocycles. The van der Waals surface area contributed by atoms with Gasteiger partial charge in [-0.25, -0.2) is 13.1 Å². The smallest absolute Gasteiger partial charge is 0.211 e. The Hall–Kier alpha value is -0.600. The van der Waals surface area contributed by atoms with Gasteiger partial charge >= 0.3 is 6.18 Å². The van der Waals surface area contributed by atoms with Crippen molar-refractivity contribution in [2.24, 2.45) is 5.92 Å². The molecule has 0 saturated heterocycles. The third-order valence-electron chi connectivity index (χ3n) is 3.14. The minimum Gasteiger partial charge on any atom is -0.211 e. The third-order valence-corrected chi connectivity index (χ3v) is 5.08. The summed E-state index contributed by atoms with van der Waals surface area (Å²) in [6, 6.07) is 4.18. The first-order valence-electron chi connectivity index (χ1n) is 6.44. The monoisotopic (exact) mass is 387 g/mol. The van der Waals surface area contributed by atoms with E-state index in [1.165, 1.54) is 12.1 Å². The average molecular weight is 388 g/mol.